The Bertz CT molecular complexity index is 746. The molecule has 2 aromatic rings. The van der Waals surface area contributed by atoms with E-state index in [4.69, 9.17) is 6.42 Å². The lowest BCUT2D eigenvalue weighted by Crippen LogP contribution is -2.16. The summed E-state index contributed by atoms with van der Waals surface area (Å²) in [7, 11) is -3.52. The Morgan fingerprint density at radius 2 is 2.11 bits per heavy atom. The Kier molecular flexibility index (Phi) is 3.72. The second kappa shape index (κ2) is 5.29. The number of nitrogens with one attached hydrogen (secondary N) is 1. The number of aryl methyl sites for hydroxylation is 1. The van der Waals surface area contributed by atoms with Gasteiger partial charge in [-0.3, -0.25) is 9.71 Å². The molecule has 19 heavy (non-hydrogen) atoms. The summed E-state index contributed by atoms with van der Waals surface area (Å²) in [5.74, 6) is 1.78. The zero-order valence-electron chi connectivity index (χ0n) is 10.6. The van der Waals surface area contributed by atoms with E-state index in [1.54, 1.807) is 12.1 Å². The van der Waals surface area contributed by atoms with Crippen LogP contribution in [-0.2, 0) is 16.4 Å². The normalized spacial score (nSPS) is 11.2. The number of sulfonamides is 1. The molecule has 0 aliphatic heterocycles. The van der Waals surface area contributed by atoms with Gasteiger partial charge in [-0.2, -0.15) is 0 Å². The van der Waals surface area contributed by atoms with Crippen molar-refractivity contribution in [1.82, 2.24) is 4.98 Å². The van der Waals surface area contributed by atoms with E-state index in [1.807, 2.05) is 25.1 Å². The van der Waals surface area contributed by atoms with Crippen molar-refractivity contribution in [2.45, 2.75) is 13.3 Å². The molecule has 0 spiro atoms. The maximum atomic E-state index is 11.7. The van der Waals surface area contributed by atoms with Gasteiger partial charge in [0.25, 0.3) is 0 Å². The molecule has 0 unspecified atom stereocenters. The first-order chi connectivity index (χ1) is 9.05. The van der Waals surface area contributed by atoms with E-state index < -0.39 is 10.0 Å². The number of pyridine rings is 1. The third kappa shape index (κ3) is 3.04. The number of para-hydroxylation sites is 1. The zero-order chi connectivity index (χ0) is 13.9. The highest BCUT2D eigenvalue weighted by Gasteiger charge is 2.11. The van der Waals surface area contributed by atoms with Crippen LogP contribution in [0.3, 0.4) is 0 Å². The second-order valence-corrected chi connectivity index (χ2v) is 5.82. The predicted molar refractivity (Wildman–Crippen MR) is 77.4 cm³/mol. The van der Waals surface area contributed by atoms with Crippen LogP contribution >= 0.6 is 0 Å². The maximum Gasteiger partial charge on any atom is 0.244 e. The minimum absolute atomic E-state index is 0.350. The Balaban J connectivity index is 2.52. The summed E-state index contributed by atoms with van der Waals surface area (Å²) in [6.45, 7) is 2.00. The largest absolute Gasteiger partial charge is 0.281 e. The molecule has 0 aliphatic carbocycles. The molecule has 1 heterocycles. The number of hydrogen-bond acceptors (Lipinski definition) is 3. The number of fused-ring (bicyclic) bond motifs is 1. The molecule has 0 fully saturated rings. The standard InChI is InChI=1S/C14H14N2O2S/c1-3-10-19(17,18)16-13-7-5-6-11-8-9-12(4-2)15-14(11)13/h1,5-9,16H,4,10H2,2H3. The molecule has 98 valence electrons. The Morgan fingerprint density at radius 1 is 1.32 bits per heavy atom. The maximum absolute atomic E-state index is 11.7. The number of benzene rings is 1. The number of anilines is 1. The molecule has 0 bridgehead atoms. The van der Waals surface area contributed by atoms with Gasteiger partial charge < -0.3 is 0 Å². The molecular weight excluding hydrogens is 260 g/mol. The molecule has 0 amide bonds. The monoisotopic (exact) mass is 274 g/mol. The number of terminal acetylenes is 1. The van der Waals surface area contributed by atoms with E-state index in [2.05, 4.69) is 15.6 Å². The number of rotatable bonds is 4. The number of hydrogen-bond donors (Lipinski definition) is 1. The van der Waals surface area contributed by atoms with Crippen molar-refractivity contribution in [2.75, 3.05) is 10.5 Å². The van der Waals surface area contributed by atoms with Gasteiger partial charge in [0.2, 0.25) is 10.0 Å². The molecular formula is C14H14N2O2S. The third-order valence-corrected chi connectivity index (χ3v) is 3.76. The van der Waals surface area contributed by atoms with E-state index in [-0.39, 0.29) is 5.75 Å². The lowest BCUT2D eigenvalue weighted by molar-refractivity contribution is 0.604. The van der Waals surface area contributed by atoms with Gasteiger partial charge in [-0.25, -0.2) is 8.42 Å². The van der Waals surface area contributed by atoms with Crippen molar-refractivity contribution in [3.63, 3.8) is 0 Å². The average Bonchev–Trinajstić information content (AvgIpc) is 2.38. The van der Waals surface area contributed by atoms with Crippen LogP contribution in [0.2, 0.25) is 0 Å². The fourth-order valence-electron chi connectivity index (χ4n) is 1.78. The van der Waals surface area contributed by atoms with Gasteiger partial charge in [-0.15, -0.1) is 6.42 Å². The van der Waals surface area contributed by atoms with Gasteiger partial charge >= 0.3 is 0 Å². The van der Waals surface area contributed by atoms with Gasteiger partial charge in [0.15, 0.2) is 0 Å². The first kappa shape index (κ1) is 13.4. The van der Waals surface area contributed by atoms with Crippen LogP contribution in [0, 0.1) is 12.3 Å². The van der Waals surface area contributed by atoms with Crippen LogP contribution in [0.25, 0.3) is 10.9 Å². The summed E-state index contributed by atoms with van der Waals surface area (Å²) in [5, 5.41) is 0.887. The predicted octanol–water partition coefficient (Wildman–Crippen LogP) is 2.17. The Morgan fingerprint density at radius 3 is 2.79 bits per heavy atom. The van der Waals surface area contributed by atoms with Crippen molar-refractivity contribution in [2.24, 2.45) is 0 Å². The fraction of sp³-hybridized carbons (Fsp3) is 0.214. The quantitative estimate of drug-likeness (QED) is 0.869. The van der Waals surface area contributed by atoms with Crippen molar-refractivity contribution >= 4 is 26.6 Å². The minimum Gasteiger partial charge on any atom is -0.281 e. The highest BCUT2D eigenvalue weighted by Crippen LogP contribution is 2.23. The summed E-state index contributed by atoms with van der Waals surface area (Å²) in [6, 6.07) is 9.22. The van der Waals surface area contributed by atoms with Gasteiger partial charge in [0, 0.05) is 11.1 Å². The SMILES string of the molecule is C#CCS(=O)(=O)Nc1cccc2ccc(CC)nc12. The van der Waals surface area contributed by atoms with Crippen LogP contribution in [0.15, 0.2) is 30.3 Å². The van der Waals surface area contributed by atoms with Gasteiger partial charge in [0.1, 0.15) is 5.75 Å². The fourth-order valence-corrected chi connectivity index (χ4v) is 2.57. The molecule has 1 N–H and O–H groups in total. The third-order valence-electron chi connectivity index (χ3n) is 2.68. The van der Waals surface area contributed by atoms with E-state index in [1.165, 1.54) is 0 Å². The molecule has 1 aromatic heterocycles. The van der Waals surface area contributed by atoms with E-state index in [0.29, 0.717) is 11.2 Å². The summed E-state index contributed by atoms with van der Waals surface area (Å²) < 4.78 is 25.9. The van der Waals surface area contributed by atoms with Crippen LogP contribution in [-0.4, -0.2) is 19.2 Å². The number of aromatic nitrogens is 1. The second-order valence-electron chi connectivity index (χ2n) is 4.10. The zero-order valence-corrected chi connectivity index (χ0v) is 11.4. The molecule has 4 nitrogen and oxygen atoms in total. The van der Waals surface area contributed by atoms with Crippen LogP contribution < -0.4 is 4.72 Å². The molecule has 5 heteroatoms. The first-order valence-electron chi connectivity index (χ1n) is 5.88. The molecule has 0 aliphatic rings. The minimum atomic E-state index is -3.52. The van der Waals surface area contributed by atoms with Crippen molar-refractivity contribution < 1.29 is 8.42 Å². The van der Waals surface area contributed by atoms with E-state index in [0.717, 1.165) is 17.5 Å². The van der Waals surface area contributed by atoms with Crippen LogP contribution in [0.1, 0.15) is 12.6 Å². The van der Waals surface area contributed by atoms with Crippen molar-refractivity contribution in [3.05, 3.63) is 36.0 Å². The lowest BCUT2D eigenvalue weighted by atomic mass is 10.1. The first-order valence-corrected chi connectivity index (χ1v) is 7.53. The molecule has 0 saturated carbocycles. The smallest absolute Gasteiger partial charge is 0.244 e. The number of nitrogens with zero attached hydrogens (tertiary/aromatic N) is 1. The Hall–Kier alpha value is -2.06. The molecule has 0 atom stereocenters. The van der Waals surface area contributed by atoms with E-state index >= 15 is 0 Å². The highest BCUT2D eigenvalue weighted by atomic mass is 32.2. The van der Waals surface area contributed by atoms with Crippen LogP contribution in [0.4, 0.5) is 5.69 Å². The molecule has 0 radical (unpaired) electrons. The highest BCUT2D eigenvalue weighted by molar-refractivity contribution is 7.92. The van der Waals surface area contributed by atoms with Crippen molar-refractivity contribution in [1.29, 1.82) is 0 Å². The molecule has 2 rings (SSSR count). The lowest BCUT2D eigenvalue weighted by Gasteiger charge is -2.09. The van der Waals surface area contributed by atoms with Gasteiger partial charge in [0.05, 0.1) is 11.2 Å². The summed E-state index contributed by atoms with van der Waals surface area (Å²) >= 11 is 0. The summed E-state index contributed by atoms with van der Waals surface area (Å²) in [4.78, 5) is 4.46. The van der Waals surface area contributed by atoms with E-state index in [9.17, 15) is 8.42 Å². The summed E-state index contributed by atoms with van der Waals surface area (Å²) in [5.41, 5.74) is 2.02. The van der Waals surface area contributed by atoms with Gasteiger partial charge in [-0.1, -0.05) is 31.0 Å². The molecule has 1 aromatic carbocycles. The van der Waals surface area contributed by atoms with Crippen LogP contribution in [0.5, 0.6) is 0 Å². The average molecular weight is 274 g/mol. The summed E-state index contributed by atoms with van der Waals surface area (Å²) in [6.07, 6.45) is 5.83. The molecule has 0 saturated heterocycles. The Labute approximate surface area is 112 Å². The van der Waals surface area contributed by atoms with Crippen molar-refractivity contribution in [3.8, 4) is 12.3 Å². The van der Waals surface area contributed by atoms with Gasteiger partial charge in [-0.05, 0) is 18.6 Å². The topological polar surface area (TPSA) is 59.1 Å².